The highest BCUT2D eigenvalue weighted by molar-refractivity contribution is 7.92. The van der Waals surface area contributed by atoms with Gasteiger partial charge in [0.15, 0.2) is 0 Å². The number of carbonyl (C=O) groups is 2. The molecule has 208 valence electrons. The van der Waals surface area contributed by atoms with Crippen LogP contribution in [0, 0.1) is 19.7 Å². The second-order valence-electron chi connectivity index (χ2n) is 9.41. The number of aryl methyl sites for hydroxylation is 1. The van der Waals surface area contributed by atoms with E-state index in [-0.39, 0.29) is 17.3 Å². The minimum atomic E-state index is -4.13. The zero-order valence-corrected chi connectivity index (χ0v) is 23.7. The third kappa shape index (κ3) is 7.23. The van der Waals surface area contributed by atoms with Crippen LogP contribution in [0.5, 0.6) is 0 Å². The fraction of sp³-hybridized carbons (Fsp3) is 0.333. The summed E-state index contributed by atoms with van der Waals surface area (Å²) in [6.07, 6.45) is 1.04. The maximum Gasteiger partial charge on any atom is 0.264 e. The molecule has 0 aliphatic heterocycles. The first kappa shape index (κ1) is 29.8. The number of rotatable bonds is 12. The lowest BCUT2D eigenvalue weighted by Crippen LogP contribution is -2.52. The van der Waals surface area contributed by atoms with E-state index >= 15 is 0 Å². The van der Waals surface area contributed by atoms with Crippen LogP contribution >= 0.6 is 0 Å². The van der Waals surface area contributed by atoms with Crippen LogP contribution in [0.3, 0.4) is 0 Å². The quantitative estimate of drug-likeness (QED) is 0.343. The van der Waals surface area contributed by atoms with Crippen LogP contribution in [-0.2, 0) is 26.2 Å². The highest BCUT2D eigenvalue weighted by Crippen LogP contribution is 2.29. The lowest BCUT2D eigenvalue weighted by atomic mass is 10.1. The minimum absolute atomic E-state index is 0.0171. The first-order chi connectivity index (χ1) is 18.6. The van der Waals surface area contributed by atoms with Crippen LogP contribution in [-0.4, -0.2) is 44.3 Å². The summed E-state index contributed by atoms with van der Waals surface area (Å²) >= 11 is 0. The molecule has 0 fully saturated rings. The van der Waals surface area contributed by atoms with Crippen LogP contribution in [0.15, 0.2) is 77.7 Å². The van der Waals surface area contributed by atoms with Crippen LogP contribution in [0.1, 0.15) is 43.4 Å². The molecule has 0 aliphatic carbocycles. The van der Waals surface area contributed by atoms with E-state index in [4.69, 9.17) is 0 Å². The second-order valence-corrected chi connectivity index (χ2v) is 11.3. The van der Waals surface area contributed by atoms with E-state index in [0.29, 0.717) is 24.2 Å². The first-order valence-electron chi connectivity index (χ1n) is 13.1. The van der Waals surface area contributed by atoms with Crippen molar-refractivity contribution in [2.45, 2.75) is 58.0 Å². The summed E-state index contributed by atoms with van der Waals surface area (Å²) in [5.41, 5.74) is 2.61. The number of sulfonamides is 1. The molecule has 9 heteroatoms. The number of nitrogens with one attached hydrogen (secondary N) is 1. The molecule has 39 heavy (non-hydrogen) atoms. The number of halogens is 1. The lowest BCUT2D eigenvalue weighted by molar-refractivity contribution is -0.140. The summed E-state index contributed by atoms with van der Waals surface area (Å²) in [6, 6.07) is 18.1. The smallest absolute Gasteiger partial charge is 0.264 e. The molecule has 0 heterocycles. The van der Waals surface area contributed by atoms with E-state index in [0.717, 1.165) is 21.9 Å². The van der Waals surface area contributed by atoms with Gasteiger partial charge in [-0.2, -0.15) is 0 Å². The molecule has 2 amide bonds. The van der Waals surface area contributed by atoms with E-state index < -0.39 is 34.3 Å². The van der Waals surface area contributed by atoms with E-state index in [9.17, 15) is 22.4 Å². The highest BCUT2D eigenvalue weighted by atomic mass is 32.2. The highest BCUT2D eigenvalue weighted by Gasteiger charge is 2.34. The molecule has 0 aromatic heterocycles. The van der Waals surface area contributed by atoms with Crippen molar-refractivity contribution in [3.8, 4) is 0 Å². The molecule has 1 atom stereocenters. The van der Waals surface area contributed by atoms with Gasteiger partial charge in [-0.25, -0.2) is 12.8 Å². The minimum Gasteiger partial charge on any atom is -0.354 e. The van der Waals surface area contributed by atoms with Crippen molar-refractivity contribution in [1.29, 1.82) is 0 Å². The molecule has 0 spiro atoms. The van der Waals surface area contributed by atoms with Crippen LogP contribution in [0.25, 0.3) is 0 Å². The molecule has 3 aromatic carbocycles. The summed E-state index contributed by atoms with van der Waals surface area (Å²) in [6.45, 7) is 7.36. The second kappa shape index (κ2) is 13.4. The van der Waals surface area contributed by atoms with Gasteiger partial charge < -0.3 is 10.2 Å². The van der Waals surface area contributed by atoms with Crippen molar-refractivity contribution in [1.82, 2.24) is 10.2 Å². The number of benzene rings is 3. The fourth-order valence-electron chi connectivity index (χ4n) is 4.31. The maximum atomic E-state index is 14.0. The molecule has 1 N–H and O–H groups in total. The third-order valence-corrected chi connectivity index (χ3v) is 8.43. The van der Waals surface area contributed by atoms with Gasteiger partial charge in [0.05, 0.1) is 10.6 Å². The molecular formula is C30H36FN3O4S. The van der Waals surface area contributed by atoms with E-state index in [1.807, 2.05) is 26.8 Å². The van der Waals surface area contributed by atoms with Gasteiger partial charge in [-0.15, -0.1) is 0 Å². The monoisotopic (exact) mass is 553 g/mol. The fourth-order valence-corrected chi connectivity index (χ4v) is 5.80. The van der Waals surface area contributed by atoms with E-state index in [2.05, 4.69) is 5.32 Å². The number of carbonyl (C=O) groups excluding carboxylic acids is 2. The van der Waals surface area contributed by atoms with Crippen molar-refractivity contribution >= 4 is 27.5 Å². The first-order valence-corrected chi connectivity index (χ1v) is 14.5. The van der Waals surface area contributed by atoms with Crippen LogP contribution < -0.4 is 9.62 Å². The molecular weight excluding hydrogens is 517 g/mol. The molecule has 3 rings (SSSR count). The maximum absolute atomic E-state index is 14.0. The standard InChI is InChI=1S/C30H36FN3O4S/c1-5-19-32-30(36)27(6-2)33(20-24-15-17-25(31)18-16-24)29(35)21-34(28-14-10-11-22(3)23(28)4)39(37,38)26-12-8-7-9-13-26/h7-18,27H,5-6,19-21H2,1-4H3,(H,32,36)/t27-/m0/s1. The SMILES string of the molecule is CCCNC(=O)[C@H](CC)N(Cc1ccc(F)cc1)C(=O)CN(c1cccc(C)c1C)S(=O)(=O)c1ccccc1. The average molecular weight is 554 g/mol. The number of hydrogen-bond donors (Lipinski definition) is 1. The van der Waals surface area contributed by atoms with Gasteiger partial charge >= 0.3 is 0 Å². The summed E-state index contributed by atoms with van der Waals surface area (Å²) in [4.78, 5) is 28.6. The third-order valence-electron chi connectivity index (χ3n) is 6.66. The normalized spacial score (nSPS) is 12.0. The van der Waals surface area contributed by atoms with Crippen molar-refractivity contribution in [2.75, 3.05) is 17.4 Å². The summed E-state index contributed by atoms with van der Waals surface area (Å²) in [5.74, 6) is -1.28. The molecule has 7 nitrogen and oxygen atoms in total. The van der Waals surface area contributed by atoms with E-state index in [1.165, 1.54) is 29.2 Å². The Labute approximate surface area is 230 Å². The van der Waals surface area contributed by atoms with Crippen molar-refractivity contribution in [2.24, 2.45) is 0 Å². The Balaban J connectivity index is 2.08. The average Bonchev–Trinajstić information content (AvgIpc) is 2.93. The Morgan fingerprint density at radius 3 is 2.21 bits per heavy atom. The Morgan fingerprint density at radius 2 is 1.59 bits per heavy atom. The van der Waals surface area contributed by atoms with Gasteiger partial charge in [0.1, 0.15) is 18.4 Å². The number of nitrogens with zero attached hydrogens (tertiary/aromatic N) is 2. The van der Waals surface area contributed by atoms with Crippen LogP contribution in [0.4, 0.5) is 10.1 Å². The molecule has 0 aliphatic rings. The van der Waals surface area contributed by atoms with Gasteiger partial charge in [-0.3, -0.25) is 13.9 Å². The predicted molar refractivity (Wildman–Crippen MR) is 151 cm³/mol. The zero-order valence-electron chi connectivity index (χ0n) is 22.9. The van der Waals surface area contributed by atoms with Gasteiger partial charge in [0.2, 0.25) is 11.8 Å². The number of hydrogen-bond acceptors (Lipinski definition) is 4. The van der Waals surface area contributed by atoms with E-state index in [1.54, 1.807) is 49.4 Å². The van der Waals surface area contributed by atoms with Gasteiger partial charge in [0.25, 0.3) is 10.0 Å². The Bertz CT molecular complexity index is 1380. The van der Waals surface area contributed by atoms with Crippen molar-refractivity contribution < 1.29 is 22.4 Å². The lowest BCUT2D eigenvalue weighted by Gasteiger charge is -2.33. The molecule has 0 radical (unpaired) electrons. The Morgan fingerprint density at radius 1 is 0.923 bits per heavy atom. The predicted octanol–water partition coefficient (Wildman–Crippen LogP) is 4.97. The van der Waals surface area contributed by atoms with Gasteiger partial charge in [-0.1, -0.05) is 56.3 Å². The summed E-state index contributed by atoms with van der Waals surface area (Å²) in [5, 5.41) is 2.85. The topological polar surface area (TPSA) is 86.8 Å². The molecule has 0 bridgehead atoms. The molecule has 0 saturated heterocycles. The summed E-state index contributed by atoms with van der Waals surface area (Å²) < 4.78 is 42.5. The molecule has 0 unspecified atom stereocenters. The summed E-state index contributed by atoms with van der Waals surface area (Å²) in [7, 11) is -4.13. The zero-order chi connectivity index (χ0) is 28.6. The Hall–Kier alpha value is -3.72. The largest absolute Gasteiger partial charge is 0.354 e. The number of amides is 2. The van der Waals surface area contributed by atoms with Gasteiger partial charge in [-0.05, 0) is 73.7 Å². The van der Waals surface area contributed by atoms with Crippen molar-refractivity contribution in [3.63, 3.8) is 0 Å². The van der Waals surface area contributed by atoms with Gasteiger partial charge in [0, 0.05) is 13.1 Å². The van der Waals surface area contributed by atoms with Crippen molar-refractivity contribution in [3.05, 3.63) is 95.3 Å². The Kier molecular flexibility index (Phi) is 10.2. The van der Waals surface area contributed by atoms with Crippen LogP contribution in [0.2, 0.25) is 0 Å². The molecule has 0 saturated carbocycles. The molecule has 3 aromatic rings. The number of anilines is 1.